The van der Waals surface area contributed by atoms with Gasteiger partial charge in [0.15, 0.2) is 0 Å². The summed E-state index contributed by atoms with van der Waals surface area (Å²) in [7, 11) is -10.2. The SMILES string of the molecule is Cc1cc(S(F)(F)(F)(F)F)cc2c1OC(C(F)(F)F)C(C(=O)OCOC(=O)OC[C@H](C)O[N+](=O)[O-])=C2. The monoisotopic (exact) mass is 561 g/mol. The molecule has 1 aromatic rings. The van der Waals surface area contributed by atoms with E-state index in [1.54, 1.807) is 0 Å². The molecular weight excluding hydrogens is 546 g/mol. The number of ether oxygens (including phenoxy) is 4. The quantitative estimate of drug-likeness (QED) is 0.131. The van der Waals surface area contributed by atoms with E-state index in [4.69, 9.17) is 0 Å². The van der Waals surface area contributed by atoms with Crippen molar-refractivity contribution in [3.8, 4) is 5.75 Å². The van der Waals surface area contributed by atoms with Crippen molar-refractivity contribution in [3.05, 3.63) is 38.9 Å². The predicted octanol–water partition coefficient (Wildman–Crippen LogP) is 5.61. The van der Waals surface area contributed by atoms with Crippen molar-refractivity contribution in [2.24, 2.45) is 0 Å². The van der Waals surface area contributed by atoms with Gasteiger partial charge in [0, 0.05) is 5.56 Å². The van der Waals surface area contributed by atoms with E-state index in [1.165, 1.54) is 0 Å². The summed E-state index contributed by atoms with van der Waals surface area (Å²) in [6.07, 6.45) is -10.9. The largest absolute Gasteiger partial charge is 0.511 e. The Bertz CT molecular complexity index is 1110. The standard InChI is InChI=1S/C17H15F8NO9S/c1-8-3-11(36(21,22,23,24)25)4-10-5-12(14(17(18,19)20)34-13(8)10)15(27)32-7-33-16(28)31-6-9(2)35-26(29)30/h3-5,9,14H,6-7H2,1-2H3/t9-,14?/m0/s1. The molecule has 1 aromatic carbocycles. The summed E-state index contributed by atoms with van der Waals surface area (Å²) in [4.78, 5) is 35.2. The Morgan fingerprint density at radius 1 is 1.14 bits per heavy atom. The fourth-order valence-corrected chi connectivity index (χ4v) is 3.46. The van der Waals surface area contributed by atoms with Crippen LogP contribution in [-0.2, 0) is 23.8 Å². The summed E-state index contributed by atoms with van der Waals surface area (Å²) in [5, 5.41) is 8.93. The molecular formula is C17H15F8NO9S. The highest BCUT2D eigenvalue weighted by Gasteiger charge is 2.65. The number of halogens is 8. The third-order valence-corrected chi connectivity index (χ3v) is 5.28. The minimum Gasteiger partial charge on any atom is -0.475 e. The van der Waals surface area contributed by atoms with E-state index in [2.05, 4.69) is 23.8 Å². The number of carbonyl (C=O) groups is 2. The number of aryl methyl sites for hydroxylation is 1. The number of hydrogen-bond acceptors (Lipinski definition) is 9. The van der Waals surface area contributed by atoms with Crippen LogP contribution in [0, 0.1) is 17.0 Å². The van der Waals surface area contributed by atoms with Crippen molar-refractivity contribution in [2.45, 2.75) is 37.1 Å². The van der Waals surface area contributed by atoms with Crippen LogP contribution < -0.4 is 4.74 Å². The molecule has 2 rings (SSSR count). The summed E-state index contributed by atoms with van der Waals surface area (Å²) in [6, 6.07) is -0.256. The zero-order valence-electron chi connectivity index (χ0n) is 17.9. The predicted molar refractivity (Wildman–Crippen MR) is 102 cm³/mol. The van der Waals surface area contributed by atoms with Gasteiger partial charge < -0.3 is 23.8 Å². The smallest absolute Gasteiger partial charge is 0.475 e. The van der Waals surface area contributed by atoms with Crippen LogP contribution in [0.4, 0.5) is 37.4 Å². The Morgan fingerprint density at radius 2 is 1.75 bits per heavy atom. The molecule has 10 nitrogen and oxygen atoms in total. The molecule has 0 aliphatic carbocycles. The number of fused-ring (bicyclic) bond motifs is 1. The van der Waals surface area contributed by atoms with Crippen LogP contribution in [0.1, 0.15) is 18.1 Å². The van der Waals surface area contributed by atoms with Gasteiger partial charge in [0.05, 0.1) is 5.57 Å². The molecule has 36 heavy (non-hydrogen) atoms. The van der Waals surface area contributed by atoms with Crippen molar-refractivity contribution in [2.75, 3.05) is 13.4 Å². The van der Waals surface area contributed by atoms with Crippen LogP contribution in [0.2, 0.25) is 0 Å². The van der Waals surface area contributed by atoms with Gasteiger partial charge in [-0.25, -0.2) is 9.59 Å². The molecule has 0 amide bonds. The second kappa shape index (κ2) is 8.86. The first-order valence-corrected chi connectivity index (χ1v) is 11.1. The molecule has 1 heterocycles. The van der Waals surface area contributed by atoms with E-state index < -0.39 is 86.6 Å². The Hall–Kier alpha value is -3.51. The van der Waals surface area contributed by atoms with Gasteiger partial charge in [0.1, 0.15) is 23.4 Å². The lowest BCUT2D eigenvalue weighted by atomic mass is 9.99. The highest BCUT2D eigenvalue weighted by Crippen LogP contribution is 3.02. The number of carbonyl (C=O) groups excluding carboxylic acids is 2. The molecule has 0 radical (unpaired) electrons. The van der Waals surface area contributed by atoms with E-state index in [0.29, 0.717) is 0 Å². The van der Waals surface area contributed by atoms with E-state index in [9.17, 15) is 52.3 Å². The maximum Gasteiger partial charge on any atom is 0.511 e. The first-order chi connectivity index (χ1) is 16.1. The molecule has 0 saturated heterocycles. The van der Waals surface area contributed by atoms with Gasteiger partial charge in [-0.2, -0.15) is 13.2 Å². The number of alkyl halides is 3. The zero-order chi connectivity index (χ0) is 27.8. The molecule has 0 saturated carbocycles. The molecule has 0 aromatic heterocycles. The van der Waals surface area contributed by atoms with Gasteiger partial charge in [-0.1, -0.05) is 19.4 Å². The van der Waals surface area contributed by atoms with Crippen molar-refractivity contribution in [1.82, 2.24) is 0 Å². The van der Waals surface area contributed by atoms with Crippen LogP contribution in [0.25, 0.3) is 6.08 Å². The maximum atomic E-state index is 13.5. The highest BCUT2D eigenvalue weighted by molar-refractivity contribution is 8.45. The topological polar surface area (TPSA) is 123 Å². The fourth-order valence-electron chi connectivity index (χ4n) is 2.71. The number of benzene rings is 1. The van der Waals surface area contributed by atoms with Gasteiger partial charge in [0.2, 0.25) is 12.9 Å². The Morgan fingerprint density at radius 3 is 2.28 bits per heavy atom. The van der Waals surface area contributed by atoms with Gasteiger partial charge >= 0.3 is 28.5 Å². The number of hydrogen-bond donors (Lipinski definition) is 0. The van der Waals surface area contributed by atoms with Gasteiger partial charge in [0.25, 0.3) is 5.09 Å². The second-order valence-electron chi connectivity index (χ2n) is 7.16. The highest BCUT2D eigenvalue weighted by atomic mass is 32.5. The molecule has 0 N–H and O–H groups in total. The van der Waals surface area contributed by atoms with Crippen LogP contribution in [-0.4, -0.2) is 49.0 Å². The number of rotatable bonds is 8. The third kappa shape index (κ3) is 7.49. The Labute approximate surface area is 195 Å². The van der Waals surface area contributed by atoms with E-state index in [-0.39, 0.29) is 18.2 Å². The Kier molecular flexibility index (Phi) is 7.07. The third-order valence-electron chi connectivity index (χ3n) is 4.15. The van der Waals surface area contributed by atoms with Crippen molar-refractivity contribution < 1.29 is 71.1 Å². The summed E-state index contributed by atoms with van der Waals surface area (Å²) < 4.78 is 124. The molecule has 1 unspecified atom stereocenters. The molecule has 0 spiro atoms. The average molecular weight is 561 g/mol. The molecule has 204 valence electrons. The van der Waals surface area contributed by atoms with Gasteiger partial charge in [-0.3, -0.25) is 0 Å². The maximum absolute atomic E-state index is 13.5. The van der Waals surface area contributed by atoms with Crippen LogP contribution in [0.5, 0.6) is 5.75 Å². The molecule has 0 bridgehead atoms. The molecule has 1 aliphatic rings. The van der Waals surface area contributed by atoms with E-state index in [1.807, 2.05) is 0 Å². The minimum atomic E-state index is -10.2. The van der Waals surface area contributed by atoms with Crippen LogP contribution in [0.3, 0.4) is 0 Å². The first kappa shape index (κ1) is 28.7. The summed E-state index contributed by atoms with van der Waals surface area (Å²) in [6.45, 7) is -0.132. The molecule has 2 atom stereocenters. The first-order valence-electron chi connectivity index (χ1n) is 9.20. The zero-order valence-corrected chi connectivity index (χ0v) is 18.7. The van der Waals surface area contributed by atoms with Gasteiger partial charge in [-0.05, 0) is 37.6 Å². The van der Waals surface area contributed by atoms with E-state index in [0.717, 1.165) is 13.8 Å². The van der Waals surface area contributed by atoms with E-state index >= 15 is 0 Å². The summed E-state index contributed by atoms with van der Waals surface area (Å²) >= 11 is 0. The van der Waals surface area contributed by atoms with Crippen molar-refractivity contribution >= 4 is 28.4 Å². The lowest BCUT2D eigenvalue weighted by Crippen LogP contribution is -2.41. The molecule has 1 aliphatic heterocycles. The van der Waals surface area contributed by atoms with Crippen molar-refractivity contribution in [1.29, 1.82) is 0 Å². The fraction of sp³-hybridized carbons (Fsp3) is 0.412. The minimum absolute atomic E-state index is 0.0814. The normalized spacial score (nSPS) is 18.3. The molecule has 0 fully saturated rings. The lowest BCUT2D eigenvalue weighted by Gasteiger charge is -2.41. The van der Waals surface area contributed by atoms with Crippen LogP contribution >= 0.6 is 10.2 Å². The Balaban J connectivity index is 2.23. The average Bonchev–Trinajstić information content (AvgIpc) is 2.68. The number of esters is 1. The van der Waals surface area contributed by atoms with Crippen molar-refractivity contribution in [3.63, 3.8) is 0 Å². The van der Waals surface area contributed by atoms with Gasteiger partial charge in [-0.15, -0.1) is 10.1 Å². The summed E-state index contributed by atoms with van der Waals surface area (Å²) in [5.74, 6) is -2.71. The second-order valence-corrected chi connectivity index (χ2v) is 9.57. The van der Waals surface area contributed by atoms with Crippen LogP contribution in [0.15, 0.2) is 22.6 Å². The molecule has 19 heteroatoms. The number of nitrogens with zero attached hydrogens (tertiary/aromatic N) is 1. The lowest BCUT2D eigenvalue weighted by molar-refractivity contribution is -0.767. The summed E-state index contributed by atoms with van der Waals surface area (Å²) in [5.41, 5.74) is -3.06.